The van der Waals surface area contributed by atoms with Crippen LogP contribution < -0.4 is 10.2 Å². The van der Waals surface area contributed by atoms with Gasteiger partial charge in [0.1, 0.15) is 17.7 Å². The monoisotopic (exact) mass is 377 g/mol. The fourth-order valence-corrected chi connectivity index (χ4v) is 4.10. The van der Waals surface area contributed by atoms with E-state index in [-0.39, 0.29) is 23.9 Å². The van der Waals surface area contributed by atoms with Crippen LogP contribution >= 0.6 is 0 Å². The first-order valence-electron chi connectivity index (χ1n) is 9.30. The summed E-state index contributed by atoms with van der Waals surface area (Å²) in [5.41, 5.74) is 1.17. The second kappa shape index (κ2) is 6.53. The molecule has 2 aromatic heterocycles. The summed E-state index contributed by atoms with van der Waals surface area (Å²) in [4.78, 5) is 14.9. The lowest BCUT2D eigenvalue weighted by molar-refractivity contribution is 0.187. The van der Waals surface area contributed by atoms with Crippen molar-refractivity contribution in [3.05, 3.63) is 55.1 Å². The minimum Gasteiger partial charge on any atom is -0.507 e. The van der Waals surface area contributed by atoms with Crippen LogP contribution in [-0.2, 0) is 0 Å². The van der Waals surface area contributed by atoms with Crippen molar-refractivity contribution in [1.29, 1.82) is 0 Å². The van der Waals surface area contributed by atoms with Crippen LogP contribution in [0.2, 0.25) is 0 Å². The molecule has 5 rings (SSSR count). The molecule has 4 atom stereocenters. The zero-order chi connectivity index (χ0) is 19.3. The minimum atomic E-state index is -1.00. The van der Waals surface area contributed by atoms with Crippen molar-refractivity contribution in [3.8, 4) is 17.0 Å². The van der Waals surface area contributed by atoms with Crippen molar-refractivity contribution in [2.75, 3.05) is 11.9 Å². The molecule has 28 heavy (non-hydrogen) atoms. The largest absolute Gasteiger partial charge is 0.507 e. The summed E-state index contributed by atoms with van der Waals surface area (Å²) in [6.45, 7) is 0. The summed E-state index contributed by atoms with van der Waals surface area (Å²) in [5, 5.41) is 15.4. The minimum absolute atomic E-state index is 0.126. The van der Waals surface area contributed by atoms with E-state index < -0.39 is 6.17 Å². The van der Waals surface area contributed by atoms with Gasteiger partial charge in [-0.1, -0.05) is 12.2 Å². The van der Waals surface area contributed by atoms with Gasteiger partial charge in [0.2, 0.25) is 0 Å². The molecule has 0 saturated carbocycles. The second-order valence-corrected chi connectivity index (χ2v) is 7.39. The maximum atomic E-state index is 14.8. The summed E-state index contributed by atoms with van der Waals surface area (Å²) in [5.74, 6) is 0.739. The molecule has 0 amide bonds. The summed E-state index contributed by atoms with van der Waals surface area (Å²) < 4.78 is 14.8. The van der Waals surface area contributed by atoms with Gasteiger partial charge in [-0.05, 0) is 30.0 Å². The smallest absolute Gasteiger partial charge is 0.147 e. The third-order valence-electron chi connectivity index (χ3n) is 5.69. The molecule has 2 N–H and O–H groups in total. The number of nitrogens with zero attached hydrogens (tertiary/aromatic N) is 4. The zero-order valence-corrected chi connectivity index (χ0v) is 15.3. The van der Waals surface area contributed by atoms with E-state index in [4.69, 9.17) is 0 Å². The average molecular weight is 377 g/mol. The van der Waals surface area contributed by atoms with E-state index in [1.807, 2.05) is 36.2 Å². The summed E-state index contributed by atoms with van der Waals surface area (Å²) in [7, 11) is 1.85. The van der Waals surface area contributed by atoms with Gasteiger partial charge in [0.05, 0.1) is 30.2 Å². The number of halogens is 1. The molecule has 3 aromatic rings. The van der Waals surface area contributed by atoms with Gasteiger partial charge >= 0.3 is 0 Å². The Kier molecular flexibility index (Phi) is 3.98. The first-order chi connectivity index (χ1) is 13.6. The number of alkyl halides is 1. The lowest BCUT2D eigenvalue weighted by atomic mass is 9.95. The highest BCUT2D eigenvalue weighted by molar-refractivity contribution is 5.89. The predicted molar refractivity (Wildman–Crippen MR) is 106 cm³/mol. The Hall–Kier alpha value is -3.06. The Balaban J connectivity index is 1.42. The molecule has 7 heteroatoms. The van der Waals surface area contributed by atoms with Crippen molar-refractivity contribution in [1.82, 2.24) is 20.3 Å². The molecular weight excluding hydrogens is 357 g/mol. The van der Waals surface area contributed by atoms with Crippen LogP contribution in [-0.4, -0.2) is 51.4 Å². The van der Waals surface area contributed by atoms with E-state index in [0.717, 1.165) is 10.8 Å². The highest BCUT2D eigenvalue weighted by Crippen LogP contribution is 2.33. The number of pyridine rings is 1. The number of anilines is 1. The van der Waals surface area contributed by atoms with Crippen LogP contribution in [0.3, 0.4) is 0 Å². The summed E-state index contributed by atoms with van der Waals surface area (Å²) >= 11 is 0. The molecule has 1 saturated heterocycles. The molecule has 4 heterocycles. The Bertz CT molecular complexity index is 1050. The van der Waals surface area contributed by atoms with E-state index in [1.165, 1.54) is 0 Å². The van der Waals surface area contributed by atoms with Crippen LogP contribution in [0.5, 0.6) is 5.75 Å². The Labute approximate surface area is 161 Å². The van der Waals surface area contributed by atoms with E-state index in [2.05, 4.69) is 20.3 Å². The number of aromatic hydroxyl groups is 1. The van der Waals surface area contributed by atoms with Gasteiger partial charge in [0.15, 0.2) is 0 Å². The number of rotatable bonds is 3. The molecule has 0 radical (unpaired) electrons. The Morgan fingerprint density at radius 3 is 2.86 bits per heavy atom. The Morgan fingerprint density at radius 2 is 2.04 bits per heavy atom. The third-order valence-corrected chi connectivity index (χ3v) is 5.69. The predicted octanol–water partition coefficient (Wildman–Crippen LogP) is 2.84. The first-order valence-corrected chi connectivity index (χ1v) is 9.30. The Morgan fingerprint density at radius 1 is 1.14 bits per heavy atom. The lowest BCUT2D eigenvalue weighted by Crippen LogP contribution is -2.56. The van der Waals surface area contributed by atoms with Gasteiger partial charge in [-0.3, -0.25) is 9.97 Å². The molecule has 2 bridgehead atoms. The highest BCUT2D eigenvalue weighted by Gasteiger charge is 2.41. The molecular formula is C21H20FN5O. The zero-order valence-electron chi connectivity index (χ0n) is 15.3. The van der Waals surface area contributed by atoms with Crippen LogP contribution in [0.1, 0.15) is 6.42 Å². The van der Waals surface area contributed by atoms with Gasteiger partial charge in [0, 0.05) is 36.4 Å². The molecule has 1 fully saturated rings. The number of phenolic OH excluding ortho intramolecular Hbond substituents is 1. The fraction of sp³-hybridized carbons (Fsp3) is 0.286. The number of hydrogen-bond acceptors (Lipinski definition) is 6. The maximum absolute atomic E-state index is 14.8. The van der Waals surface area contributed by atoms with Gasteiger partial charge in [-0.15, -0.1) is 0 Å². The van der Waals surface area contributed by atoms with Crippen molar-refractivity contribution < 1.29 is 9.50 Å². The number of benzene rings is 1. The van der Waals surface area contributed by atoms with Crippen molar-refractivity contribution in [3.63, 3.8) is 0 Å². The molecule has 6 nitrogen and oxygen atoms in total. The molecule has 0 unspecified atom stereocenters. The maximum Gasteiger partial charge on any atom is 0.147 e. The van der Waals surface area contributed by atoms with Crippen LogP contribution in [0.25, 0.3) is 22.0 Å². The first kappa shape index (κ1) is 17.1. The lowest BCUT2D eigenvalue weighted by Gasteiger charge is -2.38. The van der Waals surface area contributed by atoms with Crippen LogP contribution in [0.4, 0.5) is 10.2 Å². The third kappa shape index (κ3) is 2.79. The quantitative estimate of drug-likeness (QED) is 0.684. The molecule has 0 aliphatic carbocycles. The molecule has 2 aliphatic rings. The van der Waals surface area contributed by atoms with E-state index in [9.17, 15) is 9.50 Å². The highest BCUT2D eigenvalue weighted by atomic mass is 19.1. The van der Waals surface area contributed by atoms with Gasteiger partial charge in [-0.25, -0.2) is 9.37 Å². The van der Waals surface area contributed by atoms with Crippen molar-refractivity contribution >= 4 is 16.6 Å². The number of piperidine rings is 1. The van der Waals surface area contributed by atoms with Gasteiger partial charge in [0.25, 0.3) is 0 Å². The summed E-state index contributed by atoms with van der Waals surface area (Å²) in [6.07, 6.45) is 10.3. The number of phenols is 1. The van der Waals surface area contributed by atoms with Gasteiger partial charge in [-0.2, -0.15) is 0 Å². The number of nitrogens with one attached hydrogen (secondary N) is 1. The molecule has 142 valence electrons. The number of hydrogen-bond donors (Lipinski definition) is 2. The topological polar surface area (TPSA) is 74.2 Å². The van der Waals surface area contributed by atoms with Crippen molar-refractivity contribution in [2.45, 2.75) is 30.7 Å². The average Bonchev–Trinajstić information content (AvgIpc) is 3.13. The fourth-order valence-electron chi connectivity index (χ4n) is 4.10. The molecule has 1 aromatic carbocycles. The van der Waals surface area contributed by atoms with E-state index >= 15 is 0 Å². The van der Waals surface area contributed by atoms with E-state index in [0.29, 0.717) is 23.5 Å². The van der Waals surface area contributed by atoms with Crippen molar-refractivity contribution in [2.24, 2.45) is 0 Å². The normalized spacial score (nSPS) is 25.9. The SMILES string of the molecule is CN(c1cnc(-c2cc3ccncc3cc2O)cn1)[C@H]1C[C@@H]2C=C[C@@H](N2)[C@@H]1F. The summed E-state index contributed by atoms with van der Waals surface area (Å²) in [6, 6.07) is 5.14. The number of fused-ring (bicyclic) bond motifs is 3. The van der Waals surface area contributed by atoms with E-state index in [1.54, 1.807) is 30.9 Å². The molecule has 2 aliphatic heterocycles. The standard InChI is InChI=1S/C21H20FN5O/c1-27(18-8-14-2-3-16(26-14)21(18)22)20-11-24-17(10-25-20)15-6-12-4-5-23-9-13(12)7-19(15)28/h2-7,9-11,14,16,18,21,26,28H,8H2,1H3/t14-,16+,18-,21-/m0/s1. The molecule has 0 spiro atoms. The van der Waals surface area contributed by atoms with Crippen LogP contribution in [0.15, 0.2) is 55.1 Å². The number of aromatic nitrogens is 3. The second-order valence-electron chi connectivity index (χ2n) is 7.39. The van der Waals surface area contributed by atoms with Crippen LogP contribution in [0, 0.1) is 0 Å². The van der Waals surface area contributed by atoms with Gasteiger partial charge < -0.3 is 15.3 Å².